The Morgan fingerprint density at radius 1 is 1.40 bits per heavy atom. The molecular formula is C12H24N2S. The molecule has 0 spiro atoms. The first kappa shape index (κ1) is 12.8. The summed E-state index contributed by atoms with van der Waals surface area (Å²) >= 11 is 5.44. The van der Waals surface area contributed by atoms with Crippen LogP contribution in [0.15, 0.2) is 0 Å². The van der Waals surface area contributed by atoms with E-state index in [2.05, 4.69) is 31.0 Å². The second-order valence-electron chi connectivity index (χ2n) is 4.82. The maximum Gasteiger partial charge on any atom is 0.169 e. The first-order valence-electron chi connectivity index (χ1n) is 6.19. The molecule has 15 heavy (non-hydrogen) atoms. The van der Waals surface area contributed by atoms with E-state index in [-0.39, 0.29) is 0 Å². The fourth-order valence-electron chi connectivity index (χ4n) is 2.26. The third-order valence-electron chi connectivity index (χ3n) is 2.92. The Morgan fingerprint density at radius 2 is 2.00 bits per heavy atom. The van der Waals surface area contributed by atoms with Crippen LogP contribution in [0.1, 0.15) is 46.5 Å². The van der Waals surface area contributed by atoms with E-state index in [4.69, 9.17) is 12.2 Å². The summed E-state index contributed by atoms with van der Waals surface area (Å²) < 4.78 is 0. The molecule has 0 amide bonds. The highest BCUT2D eigenvalue weighted by Crippen LogP contribution is 2.24. The van der Waals surface area contributed by atoms with Gasteiger partial charge in [0.1, 0.15) is 0 Å². The zero-order valence-corrected chi connectivity index (χ0v) is 11.1. The van der Waals surface area contributed by atoms with E-state index in [1.165, 1.54) is 25.7 Å². The molecule has 0 heterocycles. The zero-order valence-electron chi connectivity index (χ0n) is 10.3. The van der Waals surface area contributed by atoms with Crippen molar-refractivity contribution in [1.29, 1.82) is 0 Å². The lowest BCUT2D eigenvalue weighted by Gasteiger charge is -2.33. The third kappa shape index (κ3) is 3.98. The van der Waals surface area contributed by atoms with Gasteiger partial charge in [-0.1, -0.05) is 26.7 Å². The normalized spacial score (nSPS) is 17.1. The van der Waals surface area contributed by atoms with Crippen molar-refractivity contribution in [1.82, 2.24) is 10.2 Å². The number of nitrogens with zero attached hydrogens (tertiary/aromatic N) is 1. The van der Waals surface area contributed by atoms with E-state index in [9.17, 15) is 0 Å². The molecule has 0 unspecified atom stereocenters. The molecule has 3 heteroatoms. The Morgan fingerprint density at radius 3 is 2.47 bits per heavy atom. The van der Waals surface area contributed by atoms with Crippen LogP contribution in [0.4, 0.5) is 0 Å². The molecule has 0 saturated heterocycles. The molecular weight excluding hydrogens is 204 g/mol. The van der Waals surface area contributed by atoms with E-state index in [0.717, 1.165) is 18.2 Å². The van der Waals surface area contributed by atoms with Gasteiger partial charge in [0.25, 0.3) is 0 Å². The molecule has 0 aromatic heterocycles. The molecule has 1 N–H and O–H groups in total. The summed E-state index contributed by atoms with van der Waals surface area (Å²) in [5.41, 5.74) is 0. The summed E-state index contributed by atoms with van der Waals surface area (Å²) in [6.45, 7) is 8.65. The van der Waals surface area contributed by atoms with E-state index in [1.54, 1.807) is 0 Å². The number of nitrogens with one attached hydrogen (secondary N) is 1. The van der Waals surface area contributed by atoms with Crippen molar-refractivity contribution in [3.63, 3.8) is 0 Å². The Balaban J connectivity index is 2.54. The van der Waals surface area contributed by atoms with Crippen molar-refractivity contribution in [3.8, 4) is 0 Å². The molecule has 1 aliphatic carbocycles. The zero-order chi connectivity index (χ0) is 11.3. The average Bonchev–Trinajstić information content (AvgIpc) is 2.66. The van der Waals surface area contributed by atoms with Crippen LogP contribution in [0.5, 0.6) is 0 Å². The van der Waals surface area contributed by atoms with E-state index >= 15 is 0 Å². The SMILES string of the molecule is CCNC(=S)N(CC(C)C)C1CCCC1. The minimum Gasteiger partial charge on any atom is -0.363 e. The Labute approximate surface area is 99.4 Å². The largest absolute Gasteiger partial charge is 0.363 e. The van der Waals surface area contributed by atoms with E-state index in [0.29, 0.717) is 12.0 Å². The van der Waals surface area contributed by atoms with Crippen LogP contribution in [0.25, 0.3) is 0 Å². The summed E-state index contributed by atoms with van der Waals surface area (Å²) in [6, 6.07) is 0.693. The molecule has 0 atom stereocenters. The number of hydrogen-bond acceptors (Lipinski definition) is 1. The van der Waals surface area contributed by atoms with Crippen molar-refractivity contribution >= 4 is 17.3 Å². The molecule has 1 saturated carbocycles. The van der Waals surface area contributed by atoms with Gasteiger partial charge in [0.15, 0.2) is 5.11 Å². The van der Waals surface area contributed by atoms with Crippen LogP contribution in [0.3, 0.4) is 0 Å². The minimum absolute atomic E-state index is 0.683. The van der Waals surface area contributed by atoms with Gasteiger partial charge in [0, 0.05) is 19.1 Å². The summed E-state index contributed by atoms with van der Waals surface area (Å²) in [5.74, 6) is 0.683. The summed E-state index contributed by atoms with van der Waals surface area (Å²) in [4.78, 5) is 2.41. The molecule has 2 nitrogen and oxygen atoms in total. The molecule has 88 valence electrons. The highest BCUT2D eigenvalue weighted by molar-refractivity contribution is 7.80. The van der Waals surface area contributed by atoms with Gasteiger partial charge in [-0.25, -0.2) is 0 Å². The van der Waals surface area contributed by atoms with Crippen LogP contribution >= 0.6 is 12.2 Å². The van der Waals surface area contributed by atoms with Crippen LogP contribution in [-0.4, -0.2) is 29.1 Å². The van der Waals surface area contributed by atoms with Gasteiger partial charge >= 0.3 is 0 Å². The third-order valence-corrected chi connectivity index (χ3v) is 3.30. The quantitative estimate of drug-likeness (QED) is 0.745. The fraction of sp³-hybridized carbons (Fsp3) is 0.917. The van der Waals surface area contributed by atoms with Gasteiger partial charge in [-0.15, -0.1) is 0 Å². The van der Waals surface area contributed by atoms with Gasteiger partial charge in [-0.05, 0) is 37.9 Å². The smallest absolute Gasteiger partial charge is 0.169 e. The highest BCUT2D eigenvalue weighted by atomic mass is 32.1. The molecule has 1 rings (SSSR count). The molecule has 1 aliphatic rings. The molecule has 0 bridgehead atoms. The van der Waals surface area contributed by atoms with Gasteiger partial charge in [0.05, 0.1) is 0 Å². The molecule has 0 radical (unpaired) electrons. The summed E-state index contributed by atoms with van der Waals surface area (Å²) in [6.07, 6.45) is 5.37. The number of rotatable bonds is 4. The molecule has 0 aromatic rings. The van der Waals surface area contributed by atoms with Crippen molar-refractivity contribution in [3.05, 3.63) is 0 Å². The number of thiocarbonyl (C=S) groups is 1. The van der Waals surface area contributed by atoms with Crippen molar-refractivity contribution in [2.24, 2.45) is 5.92 Å². The predicted molar refractivity (Wildman–Crippen MR) is 70.1 cm³/mol. The molecule has 0 aromatic carbocycles. The maximum atomic E-state index is 5.44. The maximum absolute atomic E-state index is 5.44. The lowest BCUT2D eigenvalue weighted by molar-refractivity contribution is 0.280. The van der Waals surface area contributed by atoms with Gasteiger partial charge < -0.3 is 10.2 Å². The second-order valence-corrected chi connectivity index (χ2v) is 5.21. The van der Waals surface area contributed by atoms with Crippen molar-refractivity contribution in [2.45, 2.75) is 52.5 Å². The fourth-order valence-corrected chi connectivity index (χ4v) is 2.63. The number of hydrogen-bond donors (Lipinski definition) is 1. The van der Waals surface area contributed by atoms with Crippen molar-refractivity contribution in [2.75, 3.05) is 13.1 Å². The topological polar surface area (TPSA) is 15.3 Å². The van der Waals surface area contributed by atoms with E-state index < -0.39 is 0 Å². The average molecular weight is 228 g/mol. The van der Waals surface area contributed by atoms with Gasteiger partial charge in [-0.2, -0.15) is 0 Å². The monoisotopic (exact) mass is 228 g/mol. The Kier molecular flexibility index (Phi) is 5.37. The molecule has 1 fully saturated rings. The van der Waals surface area contributed by atoms with Gasteiger partial charge in [0.2, 0.25) is 0 Å². The Bertz CT molecular complexity index is 198. The van der Waals surface area contributed by atoms with Gasteiger partial charge in [-0.3, -0.25) is 0 Å². The van der Waals surface area contributed by atoms with Crippen molar-refractivity contribution < 1.29 is 0 Å². The van der Waals surface area contributed by atoms with Crippen LogP contribution in [-0.2, 0) is 0 Å². The lowest BCUT2D eigenvalue weighted by atomic mass is 10.1. The van der Waals surface area contributed by atoms with Crippen LogP contribution < -0.4 is 5.32 Å². The lowest BCUT2D eigenvalue weighted by Crippen LogP contribution is -2.46. The van der Waals surface area contributed by atoms with Crippen LogP contribution in [0.2, 0.25) is 0 Å². The highest BCUT2D eigenvalue weighted by Gasteiger charge is 2.24. The second kappa shape index (κ2) is 6.31. The summed E-state index contributed by atoms with van der Waals surface area (Å²) in [5, 5.41) is 4.24. The standard InChI is InChI=1S/C12H24N2S/c1-4-13-12(15)14(9-10(2)3)11-7-5-6-8-11/h10-11H,4-9H2,1-3H3,(H,13,15). The molecule has 0 aliphatic heterocycles. The minimum atomic E-state index is 0.683. The predicted octanol–water partition coefficient (Wildman–Crippen LogP) is 2.78. The first-order chi connectivity index (χ1) is 7.15. The first-order valence-corrected chi connectivity index (χ1v) is 6.60. The van der Waals surface area contributed by atoms with E-state index in [1.807, 2.05) is 0 Å². The summed E-state index contributed by atoms with van der Waals surface area (Å²) in [7, 11) is 0. The van der Waals surface area contributed by atoms with Crippen LogP contribution in [0, 0.1) is 5.92 Å². The Hall–Kier alpha value is -0.310.